The zero-order valence-electron chi connectivity index (χ0n) is 7.28. The number of aromatic nitrogens is 1. The topological polar surface area (TPSA) is 29.6 Å². The van der Waals surface area contributed by atoms with Crippen LogP contribution in [0.25, 0.3) is 0 Å². The Bertz CT molecular complexity index is 358. The average Bonchev–Trinajstić information content (AvgIpc) is 2.44. The first-order valence-corrected chi connectivity index (χ1v) is 4.00. The first kappa shape index (κ1) is 7.28. The molecule has 0 saturated carbocycles. The molecule has 1 aromatic rings. The molecule has 2 rings (SSSR count). The van der Waals surface area contributed by atoms with E-state index in [4.69, 9.17) is 0 Å². The van der Waals surface area contributed by atoms with Crippen molar-refractivity contribution in [2.24, 2.45) is 10.2 Å². The van der Waals surface area contributed by atoms with E-state index in [1.807, 2.05) is 19.9 Å². The minimum Gasteiger partial charge on any atom is -0.341 e. The summed E-state index contributed by atoms with van der Waals surface area (Å²) in [6.07, 6.45) is 2.05. The normalized spacial score (nSPS) is 16.2. The fourth-order valence-electron chi connectivity index (χ4n) is 1.37. The fraction of sp³-hybridized carbons (Fsp3) is 0.333. The van der Waals surface area contributed by atoms with Crippen LogP contribution in [-0.2, 0) is 6.54 Å². The van der Waals surface area contributed by atoms with Gasteiger partial charge in [-0.2, -0.15) is 10.2 Å². The summed E-state index contributed by atoms with van der Waals surface area (Å²) in [5.41, 5.74) is 3.19. The van der Waals surface area contributed by atoms with E-state index in [9.17, 15) is 0 Å². The lowest BCUT2D eigenvalue weighted by atomic mass is 10.3. The summed E-state index contributed by atoms with van der Waals surface area (Å²) in [6.45, 7) is 4.82. The molecule has 0 saturated heterocycles. The standard InChI is InChI=1S/C9H11N3/c1-7-6-12-5-3-4-9(12)8(2)11-10-7/h3-5H,6H2,1-2H3. The van der Waals surface area contributed by atoms with Crippen molar-refractivity contribution in [1.82, 2.24) is 4.57 Å². The number of fused-ring (bicyclic) bond motifs is 1. The molecular weight excluding hydrogens is 150 g/mol. The molecule has 1 aliphatic heterocycles. The van der Waals surface area contributed by atoms with E-state index >= 15 is 0 Å². The van der Waals surface area contributed by atoms with Crippen LogP contribution in [0.4, 0.5) is 0 Å². The summed E-state index contributed by atoms with van der Waals surface area (Å²) in [6, 6.07) is 4.10. The third-order valence-electron chi connectivity index (χ3n) is 1.97. The van der Waals surface area contributed by atoms with Gasteiger partial charge in [-0.1, -0.05) is 0 Å². The van der Waals surface area contributed by atoms with Gasteiger partial charge in [-0.3, -0.25) is 0 Å². The van der Waals surface area contributed by atoms with E-state index in [-0.39, 0.29) is 0 Å². The van der Waals surface area contributed by atoms with Crippen LogP contribution in [0.2, 0.25) is 0 Å². The van der Waals surface area contributed by atoms with Crippen molar-refractivity contribution < 1.29 is 0 Å². The van der Waals surface area contributed by atoms with Gasteiger partial charge >= 0.3 is 0 Å². The summed E-state index contributed by atoms with van der Waals surface area (Å²) < 4.78 is 2.16. The van der Waals surface area contributed by atoms with E-state index in [1.165, 1.54) is 0 Å². The summed E-state index contributed by atoms with van der Waals surface area (Å²) in [5, 5.41) is 8.18. The number of hydrogen-bond donors (Lipinski definition) is 0. The molecule has 1 aliphatic rings. The Morgan fingerprint density at radius 1 is 1.33 bits per heavy atom. The molecule has 3 heteroatoms. The molecule has 0 spiro atoms. The van der Waals surface area contributed by atoms with Crippen LogP contribution in [0.1, 0.15) is 19.5 Å². The SMILES string of the molecule is CC1=NN=C(C)c2cccn2C1. The van der Waals surface area contributed by atoms with E-state index in [0.717, 1.165) is 23.7 Å². The zero-order valence-corrected chi connectivity index (χ0v) is 7.28. The van der Waals surface area contributed by atoms with Crippen molar-refractivity contribution in [3.8, 4) is 0 Å². The highest BCUT2D eigenvalue weighted by atomic mass is 15.2. The highest BCUT2D eigenvalue weighted by Gasteiger charge is 2.07. The van der Waals surface area contributed by atoms with Gasteiger partial charge in [0, 0.05) is 6.20 Å². The predicted octanol–water partition coefficient (Wildman–Crippen LogP) is 1.69. The maximum absolute atomic E-state index is 4.10. The molecule has 3 nitrogen and oxygen atoms in total. The smallest absolute Gasteiger partial charge is 0.0835 e. The summed E-state index contributed by atoms with van der Waals surface area (Å²) >= 11 is 0. The first-order valence-electron chi connectivity index (χ1n) is 4.00. The Labute approximate surface area is 71.4 Å². The molecule has 12 heavy (non-hydrogen) atoms. The number of hydrogen-bond acceptors (Lipinski definition) is 2. The first-order chi connectivity index (χ1) is 5.77. The van der Waals surface area contributed by atoms with Crippen LogP contribution in [-0.4, -0.2) is 16.0 Å². The summed E-state index contributed by atoms with van der Waals surface area (Å²) in [4.78, 5) is 0. The minimum atomic E-state index is 0.850. The molecule has 0 bridgehead atoms. The van der Waals surface area contributed by atoms with Gasteiger partial charge < -0.3 is 4.57 Å². The monoisotopic (exact) mass is 161 g/mol. The Kier molecular flexibility index (Phi) is 1.57. The van der Waals surface area contributed by atoms with Crippen LogP contribution in [0.3, 0.4) is 0 Å². The molecule has 0 aliphatic carbocycles. The van der Waals surface area contributed by atoms with E-state index in [2.05, 4.69) is 27.0 Å². The Morgan fingerprint density at radius 2 is 2.17 bits per heavy atom. The van der Waals surface area contributed by atoms with Crippen molar-refractivity contribution >= 4 is 11.4 Å². The second kappa shape index (κ2) is 2.59. The highest BCUT2D eigenvalue weighted by Crippen LogP contribution is 2.08. The molecule has 0 N–H and O–H groups in total. The van der Waals surface area contributed by atoms with Gasteiger partial charge in [0.25, 0.3) is 0 Å². The predicted molar refractivity (Wildman–Crippen MR) is 49.8 cm³/mol. The van der Waals surface area contributed by atoms with Gasteiger partial charge in [-0.15, -0.1) is 0 Å². The van der Waals surface area contributed by atoms with Crippen molar-refractivity contribution in [3.05, 3.63) is 24.0 Å². The molecule has 0 fully saturated rings. The van der Waals surface area contributed by atoms with Crippen molar-refractivity contribution in [3.63, 3.8) is 0 Å². The lowest BCUT2D eigenvalue weighted by Crippen LogP contribution is -2.08. The highest BCUT2D eigenvalue weighted by molar-refractivity contribution is 5.99. The quantitative estimate of drug-likeness (QED) is 0.554. The van der Waals surface area contributed by atoms with Crippen molar-refractivity contribution in [1.29, 1.82) is 0 Å². The molecule has 62 valence electrons. The number of nitrogens with zero attached hydrogens (tertiary/aromatic N) is 3. The largest absolute Gasteiger partial charge is 0.341 e. The second-order valence-corrected chi connectivity index (χ2v) is 3.04. The molecule has 0 aromatic carbocycles. The lowest BCUT2D eigenvalue weighted by Gasteiger charge is -2.03. The van der Waals surface area contributed by atoms with Crippen molar-refractivity contribution in [2.75, 3.05) is 0 Å². The van der Waals surface area contributed by atoms with Crippen LogP contribution < -0.4 is 0 Å². The van der Waals surface area contributed by atoms with Crippen LogP contribution in [0.15, 0.2) is 28.5 Å². The lowest BCUT2D eigenvalue weighted by molar-refractivity contribution is 0.852. The third kappa shape index (κ3) is 1.07. The van der Waals surface area contributed by atoms with Gasteiger partial charge in [0.1, 0.15) is 0 Å². The Morgan fingerprint density at radius 3 is 3.00 bits per heavy atom. The summed E-state index contributed by atoms with van der Waals surface area (Å²) in [5.74, 6) is 0. The molecule has 0 atom stereocenters. The number of rotatable bonds is 0. The zero-order chi connectivity index (χ0) is 8.55. The van der Waals surface area contributed by atoms with E-state index < -0.39 is 0 Å². The Hall–Kier alpha value is -1.38. The second-order valence-electron chi connectivity index (χ2n) is 3.04. The molecule has 0 amide bonds. The summed E-state index contributed by atoms with van der Waals surface area (Å²) in [7, 11) is 0. The molecule has 1 aromatic heterocycles. The molecule has 0 unspecified atom stereocenters. The molecular formula is C9H11N3. The van der Waals surface area contributed by atoms with Crippen LogP contribution in [0, 0.1) is 0 Å². The van der Waals surface area contributed by atoms with E-state index in [0.29, 0.717) is 0 Å². The van der Waals surface area contributed by atoms with Crippen LogP contribution >= 0.6 is 0 Å². The van der Waals surface area contributed by atoms with Gasteiger partial charge in [0.15, 0.2) is 0 Å². The maximum Gasteiger partial charge on any atom is 0.0835 e. The average molecular weight is 161 g/mol. The molecule has 2 heterocycles. The van der Waals surface area contributed by atoms with Gasteiger partial charge in [-0.05, 0) is 26.0 Å². The maximum atomic E-state index is 4.10. The van der Waals surface area contributed by atoms with E-state index in [1.54, 1.807) is 0 Å². The Balaban J connectivity index is 2.54. The van der Waals surface area contributed by atoms with Gasteiger partial charge in [-0.25, -0.2) is 0 Å². The molecule has 0 radical (unpaired) electrons. The fourth-order valence-corrected chi connectivity index (χ4v) is 1.37. The van der Waals surface area contributed by atoms with Gasteiger partial charge in [0.2, 0.25) is 0 Å². The van der Waals surface area contributed by atoms with Gasteiger partial charge in [0.05, 0.1) is 23.7 Å². The minimum absolute atomic E-state index is 0.850. The van der Waals surface area contributed by atoms with Crippen molar-refractivity contribution in [2.45, 2.75) is 20.4 Å². The van der Waals surface area contributed by atoms with Crippen LogP contribution in [0.5, 0.6) is 0 Å². The third-order valence-corrected chi connectivity index (χ3v) is 1.97.